The first-order valence-electron chi connectivity index (χ1n) is 13.6. The average molecular weight is 723 g/mol. The van der Waals surface area contributed by atoms with Crippen molar-refractivity contribution < 1.29 is 34.4 Å². The fraction of sp³-hybridized carbons (Fsp3) is 0.222. The molecule has 0 atom stereocenters. The smallest absolute Gasteiger partial charge is 0.155 e. The van der Waals surface area contributed by atoms with E-state index in [0.717, 1.165) is 39.2 Å². The molecule has 5 aromatic rings. The number of allylic oxidation sites excluding steroid dienone is 2. The first-order valence-corrected chi connectivity index (χ1v) is 13.6. The summed E-state index contributed by atoms with van der Waals surface area (Å²) >= 11 is 0. The Kier molecular flexibility index (Phi) is 11.0. The molecule has 0 bridgehead atoms. The Hall–Kier alpha value is -3.79. The number of ketones is 1. The molecule has 0 spiro atoms. The number of carbonyl (C=O) groups excluding carboxylic acids is 1. The van der Waals surface area contributed by atoms with Gasteiger partial charge in [0.2, 0.25) is 0 Å². The number of rotatable bonds is 6. The van der Waals surface area contributed by atoms with Crippen molar-refractivity contribution >= 4 is 16.9 Å². The summed E-state index contributed by atoms with van der Waals surface area (Å²) in [7, 11) is 0. The fourth-order valence-electron chi connectivity index (χ4n) is 4.42. The van der Waals surface area contributed by atoms with Crippen molar-refractivity contribution in [2.45, 2.75) is 53.4 Å². The van der Waals surface area contributed by atoms with Crippen molar-refractivity contribution in [2.75, 3.05) is 0 Å². The maximum Gasteiger partial charge on any atom is 0.155 e. The number of nitrogens with zero attached hydrogens (tertiary/aromatic N) is 1. The summed E-state index contributed by atoms with van der Waals surface area (Å²) in [5.41, 5.74) is 9.65. The predicted octanol–water partition coefficient (Wildman–Crippen LogP) is 9.91. The number of carbonyl (C=O) groups is 1. The molecule has 3 aromatic carbocycles. The molecular formula is C36H36IrNO3-. The second-order valence-electron chi connectivity index (χ2n) is 10.6. The van der Waals surface area contributed by atoms with Gasteiger partial charge >= 0.3 is 0 Å². The van der Waals surface area contributed by atoms with E-state index in [1.807, 2.05) is 24.3 Å². The molecule has 41 heavy (non-hydrogen) atoms. The van der Waals surface area contributed by atoms with Crippen molar-refractivity contribution in [2.24, 2.45) is 0 Å². The fourth-order valence-corrected chi connectivity index (χ4v) is 4.42. The minimum absolute atomic E-state index is 0. The average Bonchev–Trinajstić information content (AvgIpc) is 3.36. The molecule has 0 aliphatic carbocycles. The van der Waals surface area contributed by atoms with Crippen molar-refractivity contribution in [1.82, 2.24) is 4.98 Å². The topological polar surface area (TPSA) is 63.3 Å². The zero-order valence-electron chi connectivity index (χ0n) is 24.4. The van der Waals surface area contributed by atoms with Crippen LogP contribution in [0.1, 0.15) is 64.5 Å². The number of benzene rings is 3. The normalized spacial score (nSPS) is 11.3. The summed E-state index contributed by atoms with van der Waals surface area (Å²) in [5, 5.41) is 8.36. The van der Waals surface area contributed by atoms with Crippen LogP contribution in [0.2, 0.25) is 0 Å². The zero-order chi connectivity index (χ0) is 28.8. The van der Waals surface area contributed by atoms with Gasteiger partial charge in [-0.25, -0.2) is 0 Å². The Balaban J connectivity index is 0.000000516. The molecule has 0 saturated carbocycles. The van der Waals surface area contributed by atoms with Crippen LogP contribution in [0, 0.1) is 6.07 Å². The third-order valence-corrected chi connectivity index (χ3v) is 6.57. The van der Waals surface area contributed by atoms with Gasteiger partial charge in [0, 0.05) is 37.8 Å². The van der Waals surface area contributed by atoms with Crippen molar-refractivity contribution in [3.8, 4) is 33.7 Å². The van der Waals surface area contributed by atoms with E-state index < -0.39 is 0 Å². The minimum atomic E-state index is -0.125. The van der Waals surface area contributed by atoms with E-state index in [0.29, 0.717) is 11.8 Å². The third kappa shape index (κ3) is 8.36. The second kappa shape index (κ2) is 14.2. The molecule has 1 N–H and O–H groups in total. The molecule has 0 aliphatic heterocycles. The van der Waals surface area contributed by atoms with Crippen LogP contribution < -0.4 is 0 Å². The van der Waals surface area contributed by atoms with E-state index in [1.54, 1.807) is 0 Å². The van der Waals surface area contributed by atoms with E-state index in [2.05, 4.69) is 94.4 Å². The van der Waals surface area contributed by atoms with Crippen LogP contribution in [0.4, 0.5) is 0 Å². The summed E-state index contributed by atoms with van der Waals surface area (Å²) in [6.07, 6.45) is 1.17. The Bertz CT molecular complexity index is 1620. The molecule has 2 aromatic heterocycles. The Morgan fingerprint density at radius 3 is 2.05 bits per heavy atom. The molecule has 0 saturated heterocycles. The number of aliphatic hydroxyl groups is 1. The van der Waals surface area contributed by atoms with Crippen LogP contribution in [-0.4, -0.2) is 15.9 Å². The number of pyridine rings is 1. The molecule has 1 radical (unpaired) electrons. The molecule has 4 nitrogen and oxygen atoms in total. The molecule has 0 fully saturated rings. The van der Waals surface area contributed by atoms with Crippen molar-refractivity contribution in [1.29, 1.82) is 0 Å². The molecule has 0 amide bonds. The Labute approximate surface area is 256 Å². The van der Waals surface area contributed by atoms with Gasteiger partial charge in [0.25, 0.3) is 0 Å². The molecule has 5 rings (SSSR count). The van der Waals surface area contributed by atoms with Gasteiger partial charge in [-0.15, -0.1) is 35.4 Å². The number of aromatic nitrogens is 1. The number of aliphatic hydroxyl groups excluding tert-OH is 1. The summed E-state index contributed by atoms with van der Waals surface area (Å²) in [6, 6.07) is 32.8. The van der Waals surface area contributed by atoms with Crippen LogP contribution >= 0.6 is 0 Å². The second-order valence-corrected chi connectivity index (χ2v) is 10.6. The quantitative estimate of drug-likeness (QED) is 0.108. The maximum absolute atomic E-state index is 10.0. The van der Waals surface area contributed by atoms with Crippen molar-refractivity contribution in [3.05, 3.63) is 114 Å². The van der Waals surface area contributed by atoms with Crippen LogP contribution in [-0.2, 0) is 24.9 Å². The van der Waals surface area contributed by atoms with Gasteiger partial charge < -0.3 is 9.52 Å². The summed E-state index contributed by atoms with van der Waals surface area (Å²) in [4.78, 5) is 14.9. The molecule has 2 heterocycles. The summed E-state index contributed by atoms with van der Waals surface area (Å²) in [5.74, 6) is 1.72. The maximum atomic E-state index is 10.0. The monoisotopic (exact) mass is 723 g/mol. The van der Waals surface area contributed by atoms with Gasteiger partial charge in [-0.2, -0.15) is 0 Å². The first kappa shape index (κ1) is 31.7. The number of furan rings is 1. The van der Waals surface area contributed by atoms with E-state index >= 15 is 0 Å². The summed E-state index contributed by atoms with van der Waals surface area (Å²) in [6.45, 7) is 11.8. The van der Waals surface area contributed by atoms with Gasteiger partial charge in [0.1, 0.15) is 5.76 Å². The van der Waals surface area contributed by atoms with E-state index in [9.17, 15) is 4.79 Å². The first-order chi connectivity index (χ1) is 19.1. The van der Waals surface area contributed by atoms with Crippen LogP contribution in [0.5, 0.6) is 0 Å². The standard InChI is InChI=1S/C31H28NO.C5H8O2.Ir/c1-20(2)25-16-26(21(3)4)18-27(17-25)31-19-29-30(33-31)14-13-28(32-29)24-12-8-11-23(15-24)22-9-6-5-7-10-22;1-4(6)3-5(2)7;/h5-11,13-21H,1-4H3;3,6H,1-2H3;/q-1;;/b;4-3-;. The van der Waals surface area contributed by atoms with Crippen LogP contribution in [0.3, 0.4) is 0 Å². The zero-order valence-corrected chi connectivity index (χ0v) is 26.8. The third-order valence-electron chi connectivity index (χ3n) is 6.57. The van der Waals surface area contributed by atoms with E-state index in [4.69, 9.17) is 14.5 Å². The summed E-state index contributed by atoms with van der Waals surface area (Å²) < 4.78 is 6.23. The Morgan fingerprint density at radius 2 is 1.49 bits per heavy atom. The molecule has 213 valence electrons. The molecule has 0 unspecified atom stereocenters. The van der Waals surface area contributed by atoms with Crippen LogP contribution in [0.15, 0.2) is 101 Å². The Morgan fingerprint density at radius 1 is 0.829 bits per heavy atom. The van der Waals surface area contributed by atoms with Gasteiger partial charge in [0.15, 0.2) is 11.4 Å². The van der Waals surface area contributed by atoms with E-state index in [-0.39, 0.29) is 31.6 Å². The van der Waals surface area contributed by atoms with Gasteiger partial charge in [-0.05, 0) is 66.3 Å². The van der Waals surface area contributed by atoms with Gasteiger partial charge in [-0.3, -0.25) is 9.78 Å². The number of hydrogen-bond donors (Lipinski definition) is 1. The molecular weight excluding hydrogens is 687 g/mol. The number of hydrogen-bond acceptors (Lipinski definition) is 4. The largest absolute Gasteiger partial charge is 0.512 e. The van der Waals surface area contributed by atoms with Gasteiger partial charge in [0.05, 0.1) is 11.3 Å². The van der Waals surface area contributed by atoms with Crippen molar-refractivity contribution in [3.63, 3.8) is 0 Å². The molecule has 5 heteroatoms. The minimum Gasteiger partial charge on any atom is -0.512 e. The van der Waals surface area contributed by atoms with Crippen LogP contribution in [0.25, 0.3) is 44.8 Å². The number of fused-ring (bicyclic) bond motifs is 1. The van der Waals surface area contributed by atoms with E-state index in [1.165, 1.54) is 36.6 Å². The SMILES string of the molecule is CC(=O)/C=C(/C)O.CC(C)c1cc(-c2cc3nc(-c4[c-]ccc(-c5ccccc5)c4)ccc3o2)cc(C(C)C)c1.[Ir]. The van der Waals surface area contributed by atoms with Gasteiger partial charge in [-0.1, -0.05) is 70.2 Å². The molecule has 0 aliphatic rings. The predicted molar refractivity (Wildman–Crippen MR) is 164 cm³/mol.